The Morgan fingerprint density at radius 1 is 1.24 bits per heavy atom. The van der Waals surface area contributed by atoms with Crippen LogP contribution in [0.5, 0.6) is 0 Å². The highest BCUT2D eigenvalue weighted by Crippen LogP contribution is 2.41. The SMILES string of the molecule is Cc1nn(C)c(CC(O)C2(N3CCCC3)CCCC2)c1Br. The van der Waals surface area contributed by atoms with E-state index in [1.165, 1.54) is 25.7 Å². The van der Waals surface area contributed by atoms with Crippen LogP contribution in [0.1, 0.15) is 49.9 Å². The summed E-state index contributed by atoms with van der Waals surface area (Å²) in [5.41, 5.74) is 2.13. The van der Waals surface area contributed by atoms with Crippen molar-refractivity contribution < 1.29 is 5.11 Å². The van der Waals surface area contributed by atoms with E-state index in [1.54, 1.807) is 0 Å². The molecule has 1 aliphatic heterocycles. The van der Waals surface area contributed by atoms with E-state index in [-0.39, 0.29) is 11.6 Å². The molecule has 1 aromatic rings. The van der Waals surface area contributed by atoms with Crippen LogP contribution in [0.2, 0.25) is 0 Å². The summed E-state index contributed by atoms with van der Waals surface area (Å²) in [4.78, 5) is 2.57. The number of nitrogens with zero attached hydrogens (tertiary/aromatic N) is 3. The summed E-state index contributed by atoms with van der Waals surface area (Å²) in [5, 5.41) is 15.5. The Morgan fingerprint density at radius 2 is 1.86 bits per heavy atom. The van der Waals surface area contributed by atoms with Crippen molar-refractivity contribution in [2.45, 2.75) is 63.5 Å². The molecular weight excluding hydrogens is 330 g/mol. The molecule has 5 heteroatoms. The van der Waals surface area contributed by atoms with Crippen molar-refractivity contribution in [3.05, 3.63) is 15.9 Å². The van der Waals surface area contributed by atoms with Crippen molar-refractivity contribution >= 4 is 15.9 Å². The lowest BCUT2D eigenvalue weighted by molar-refractivity contribution is -0.0181. The third-order valence-electron chi connectivity index (χ3n) is 5.47. The molecule has 0 radical (unpaired) electrons. The highest BCUT2D eigenvalue weighted by molar-refractivity contribution is 9.10. The Morgan fingerprint density at radius 3 is 2.38 bits per heavy atom. The minimum atomic E-state index is -0.302. The number of aliphatic hydroxyl groups is 1. The lowest BCUT2D eigenvalue weighted by Crippen LogP contribution is -2.54. The molecule has 0 spiro atoms. The van der Waals surface area contributed by atoms with Crippen LogP contribution in [0.25, 0.3) is 0 Å². The maximum Gasteiger partial charge on any atom is 0.0779 e. The van der Waals surface area contributed by atoms with Gasteiger partial charge in [-0.3, -0.25) is 9.58 Å². The average Bonchev–Trinajstić information content (AvgIpc) is 3.16. The van der Waals surface area contributed by atoms with Crippen molar-refractivity contribution in [3.8, 4) is 0 Å². The molecule has 1 unspecified atom stereocenters. The average molecular weight is 356 g/mol. The van der Waals surface area contributed by atoms with Crippen LogP contribution in [-0.4, -0.2) is 44.5 Å². The molecule has 2 fully saturated rings. The van der Waals surface area contributed by atoms with Crippen LogP contribution in [0, 0.1) is 6.92 Å². The van der Waals surface area contributed by atoms with Gasteiger partial charge < -0.3 is 5.11 Å². The Labute approximate surface area is 135 Å². The van der Waals surface area contributed by atoms with Gasteiger partial charge >= 0.3 is 0 Å². The van der Waals surface area contributed by atoms with E-state index < -0.39 is 0 Å². The second-order valence-corrected chi connectivity index (χ2v) is 7.49. The summed E-state index contributed by atoms with van der Waals surface area (Å²) in [6.07, 6.45) is 7.73. The standard InChI is InChI=1S/C16H26BrN3O/c1-12-15(17)13(19(2)18-12)11-14(21)16(7-3-4-8-16)20-9-5-6-10-20/h14,21H,3-11H2,1-2H3. The predicted molar refractivity (Wildman–Crippen MR) is 87.4 cm³/mol. The van der Waals surface area contributed by atoms with E-state index in [0.717, 1.165) is 41.8 Å². The molecule has 1 atom stereocenters. The molecule has 1 N–H and O–H groups in total. The van der Waals surface area contributed by atoms with Crippen LogP contribution in [0.3, 0.4) is 0 Å². The number of aromatic nitrogens is 2. The summed E-state index contributed by atoms with van der Waals surface area (Å²) < 4.78 is 2.97. The highest BCUT2D eigenvalue weighted by atomic mass is 79.9. The lowest BCUT2D eigenvalue weighted by Gasteiger charge is -2.42. The van der Waals surface area contributed by atoms with Crippen molar-refractivity contribution in [2.24, 2.45) is 7.05 Å². The monoisotopic (exact) mass is 355 g/mol. The van der Waals surface area contributed by atoms with Crippen molar-refractivity contribution in [1.29, 1.82) is 0 Å². The van der Waals surface area contributed by atoms with Crippen LogP contribution in [-0.2, 0) is 13.5 Å². The Bertz CT molecular complexity index is 502. The predicted octanol–water partition coefficient (Wildman–Crippen LogP) is 2.80. The van der Waals surface area contributed by atoms with Crippen LogP contribution >= 0.6 is 15.9 Å². The Hall–Kier alpha value is -0.390. The first kappa shape index (κ1) is 15.5. The number of hydrogen-bond acceptors (Lipinski definition) is 3. The maximum absolute atomic E-state index is 11.1. The van der Waals surface area contributed by atoms with Gasteiger partial charge in [-0.05, 0) is 61.6 Å². The zero-order valence-corrected chi connectivity index (χ0v) is 14.7. The van der Waals surface area contributed by atoms with Gasteiger partial charge in [-0.1, -0.05) is 12.8 Å². The molecule has 4 nitrogen and oxygen atoms in total. The molecule has 1 saturated carbocycles. The van der Waals surface area contributed by atoms with Crippen molar-refractivity contribution in [2.75, 3.05) is 13.1 Å². The molecule has 0 amide bonds. The van der Waals surface area contributed by atoms with Gasteiger partial charge in [0.05, 0.1) is 22.0 Å². The van der Waals surface area contributed by atoms with Gasteiger partial charge in [0.1, 0.15) is 0 Å². The summed E-state index contributed by atoms with van der Waals surface area (Å²) >= 11 is 3.63. The molecule has 1 saturated heterocycles. The number of aliphatic hydroxyl groups excluding tert-OH is 1. The van der Waals surface area contributed by atoms with Crippen LogP contribution < -0.4 is 0 Å². The summed E-state index contributed by atoms with van der Waals surface area (Å²) in [6.45, 7) is 4.32. The first-order valence-electron chi connectivity index (χ1n) is 8.16. The minimum absolute atomic E-state index is 0.00805. The van der Waals surface area contributed by atoms with Crippen molar-refractivity contribution in [1.82, 2.24) is 14.7 Å². The molecule has 21 heavy (non-hydrogen) atoms. The first-order valence-corrected chi connectivity index (χ1v) is 8.95. The minimum Gasteiger partial charge on any atom is -0.391 e. The van der Waals surface area contributed by atoms with Gasteiger partial charge in [0, 0.05) is 19.0 Å². The molecule has 2 heterocycles. The van der Waals surface area contributed by atoms with Gasteiger partial charge in [-0.25, -0.2) is 0 Å². The summed E-state index contributed by atoms with van der Waals surface area (Å²) in [5.74, 6) is 0. The molecule has 0 aromatic carbocycles. The van der Waals surface area contributed by atoms with E-state index in [1.807, 2.05) is 18.7 Å². The normalized spacial score (nSPS) is 23.8. The van der Waals surface area contributed by atoms with E-state index in [2.05, 4.69) is 25.9 Å². The molecule has 0 bridgehead atoms. The molecule has 2 aliphatic rings. The van der Waals surface area contributed by atoms with Gasteiger partial charge in [0.2, 0.25) is 0 Å². The van der Waals surface area contributed by atoms with Gasteiger partial charge in [0.25, 0.3) is 0 Å². The zero-order valence-electron chi connectivity index (χ0n) is 13.1. The molecule has 1 aromatic heterocycles. The fourth-order valence-corrected chi connectivity index (χ4v) is 4.78. The van der Waals surface area contributed by atoms with Gasteiger partial charge in [-0.2, -0.15) is 5.10 Å². The largest absolute Gasteiger partial charge is 0.391 e. The molecule has 3 rings (SSSR count). The third-order valence-corrected chi connectivity index (χ3v) is 6.51. The maximum atomic E-state index is 11.1. The fraction of sp³-hybridized carbons (Fsp3) is 0.812. The third kappa shape index (κ3) is 2.68. The Kier molecular flexibility index (Phi) is 4.44. The van der Waals surface area contributed by atoms with Gasteiger partial charge in [-0.15, -0.1) is 0 Å². The first-order chi connectivity index (χ1) is 10.0. The number of aryl methyl sites for hydroxylation is 2. The zero-order chi connectivity index (χ0) is 15.0. The van der Waals surface area contributed by atoms with Gasteiger partial charge in [0.15, 0.2) is 0 Å². The summed E-state index contributed by atoms with van der Waals surface area (Å²) in [7, 11) is 1.97. The Balaban J connectivity index is 1.83. The molecule has 1 aliphatic carbocycles. The number of halogens is 1. The van der Waals surface area contributed by atoms with E-state index >= 15 is 0 Å². The van der Waals surface area contributed by atoms with E-state index in [0.29, 0.717) is 6.42 Å². The van der Waals surface area contributed by atoms with Crippen LogP contribution in [0.4, 0.5) is 0 Å². The quantitative estimate of drug-likeness (QED) is 0.902. The number of hydrogen-bond donors (Lipinski definition) is 1. The van der Waals surface area contributed by atoms with Crippen molar-refractivity contribution in [3.63, 3.8) is 0 Å². The fourth-order valence-electron chi connectivity index (χ4n) is 4.28. The second-order valence-electron chi connectivity index (χ2n) is 6.69. The van der Waals surface area contributed by atoms with Crippen LogP contribution in [0.15, 0.2) is 4.47 Å². The van der Waals surface area contributed by atoms with E-state index in [4.69, 9.17) is 0 Å². The molecule has 118 valence electrons. The lowest BCUT2D eigenvalue weighted by atomic mass is 9.85. The smallest absolute Gasteiger partial charge is 0.0779 e. The molecular formula is C16H26BrN3O. The highest BCUT2D eigenvalue weighted by Gasteiger charge is 2.46. The number of likely N-dealkylation sites (tertiary alicyclic amines) is 1. The van der Waals surface area contributed by atoms with E-state index in [9.17, 15) is 5.11 Å². The topological polar surface area (TPSA) is 41.3 Å². The second kappa shape index (κ2) is 6.01. The summed E-state index contributed by atoms with van der Waals surface area (Å²) in [6, 6.07) is 0. The number of rotatable bonds is 4.